The van der Waals surface area contributed by atoms with Crippen molar-refractivity contribution in [2.45, 2.75) is 32.7 Å². The highest BCUT2D eigenvalue weighted by atomic mass is 16.5. The Hall–Kier alpha value is -2.04. The summed E-state index contributed by atoms with van der Waals surface area (Å²) in [6.07, 6.45) is 1.26. The van der Waals surface area contributed by atoms with Gasteiger partial charge in [0.1, 0.15) is 11.8 Å². The van der Waals surface area contributed by atoms with Crippen molar-refractivity contribution in [1.29, 1.82) is 0 Å². The van der Waals surface area contributed by atoms with Crippen LogP contribution in [0.25, 0.3) is 0 Å². The van der Waals surface area contributed by atoms with E-state index in [1.54, 1.807) is 13.2 Å². The van der Waals surface area contributed by atoms with Crippen LogP contribution in [0.2, 0.25) is 0 Å². The van der Waals surface area contributed by atoms with E-state index >= 15 is 0 Å². The number of likely N-dealkylation sites (tertiary alicyclic amines) is 1. The number of aliphatic carboxylic acids is 1. The lowest BCUT2D eigenvalue weighted by molar-refractivity contribution is -0.141. The molecule has 2 rings (SSSR count). The van der Waals surface area contributed by atoms with Crippen LogP contribution in [0.4, 0.5) is 0 Å². The van der Waals surface area contributed by atoms with Crippen molar-refractivity contribution in [3.8, 4) is 5.75 Å². The maximum absolute atomic E-state index is 12.6. The SMILES string of the molecule is COc1cc(C)c(C(=O)N2CCCC2C(=O)O)cc1C. The molecule has 1 atom stereocenters. The van der Waals surface area contributed by atoms with Crippen molar-refractivity contribution in [1.82, 2.24) is 4.90 Å². The predicted molar refractivity (Wildman–Crippen MR) is 74.2 cm³/mol. The Morgan fingerprint density at radius 1 is 1.30 bits per heavy atom. The van der Waals surface area contributed by atoms with Gasteiger partial charge in [0.25, 0.3) is 5.91 Å². The maximum atomic E-state index is 12.6. The summed E-state index contributed by atoms with van der Waals surface area (Å²) in [6, 6.07) is 2.88. The minimum absolute atomic E-state index is 0.210. The molecule has 1 unspecified atom stereocenters. The van der Waals surface area contributed by atoms with Crippen LogP contribution in [0.1, 0.15) is 34.3 Å². The molecule has 0 bridgehead atoms. The van der Waals surface area contributed by atoms with Gasteiger partial charge in [-0.15, -0.1) is 0 Å². The molecule has 20 heavy (non-hydrogen) atoms. The van der Waals surface area contributed by atoms with Gasteiger partial charge in [-0.1, -0.05) is 0 Å². The van der Waals surface area contributed by atoms with E-state index in [9.17, 15) is 14.7 Å². The summed E-state index contributed by atoms with van der Waals surface area (Å²) in [6.45, 7) is 4.20. The highest BCUT2D eigenvalue weighted by molar-refractivity contribution is 5.98. The van der Waals surface area contributed by atoms with Crippen LogP contribution in [0.3, 0.4) is 0 Å². The van der Waals surface area contributed by atoms with Crippen LogP contribution in [0, 0.1) is 13.8 Å². The van der Waals surface area contributed by atoms with Crippen molar-refractivity contribution in [3.63, 3.8) is 0 Å². The van der Waals surface area contributed by atoms with Gasteiger partial charge < -0.3 is 14.7 Å². The van der Waals surface area contributed by atoms with Gasteiger partial charge in [0.2, 0.25) is 0 Å². The van der Waals surface area contributed by atoms with Crippen LogP contribution in [-0.2, 0) is 4.79 Å². The molecular weight excluding hydrogens is 258 g/mol. The minimum Gasteiger partial charge on any atom is -0.496 e. The van der Waals surface area contributed by atoms with Gasteiger partial charge in [0, 0.05) is 12.1 Å². The van der Waals surface area contributed by atoms with Gasteiger partial charge >= 0.3 is 5.97 Å². The number of ether oxygens (including phenoxy) is 1. The second kappa shape index (κ2) is 5.53. The first-order chi connectivity index (χ1) is 9.45. The number of methoxy groups -OCH3 is 1. The second-order valence-corrected chi connectivity index (χ2v) is 5.13. The number of hydrogen-bond acceptors (Lipinski definition) is 3. The van der Waals surface area contributed by atoms with Gasteiger partial charge in [0.15, 0.2) is 0 Å². The quantitative estimate of drug-likeness (QED) is 0.917. The van der Waals surface area contributed by atoms with Crippen LogP contribution in [0.5, 0.6) is 5.75 Å². The number of hydrogen-bond donors (Lipinski definition) is 1. The minimum atomic E-state index is -0.932. The van der Waals surface area contributed by atoms with E-state index in [0.717, 1.165) is 23.3 Å². The van der Waals surface area contributed by atoms with E-state index in [1.807, 2.05) is 19.9 Å². The Kier molecular flexibility index (Phi) is 3.97. The lowest BCUT2D eigenvalue weighted by Gasteiger charge is -2.23. The number of carboxylic acid groups (broad SMARTS) is 1. The molecule has 0 aliphatic carbocycles. The topological polar surface area (TPSA) is 66.8 Å². The zero-order valence-corrected chi connectivity index (χ0v) is 12.0. The van der Waals surface area contributed by atoms with Gasteiger partial charge in [-0.3, -0.25) is 4.79 Å². The molecule has 5 heteroatoms. The van der Waals surface area contributed by atoms with Crippen molar-refractivity contribution in [2.24, 2.45) is 0 Å². The number of carbonyl (C=O) groups excluding carboxylic acids is 1. The smallest absolute Gasteiger partial charge is 0.326 e. The normalized spacial score (nSPS) is 18.1. The number of carbonyl (C=O) groups is 2. The third kappa shape index (κ3) is 2.48. The van der Waals surface area contributed by atoms with E-state index in [4.69, 9.17) is 4.74 Å². The first-order valence-electron chi connectivity index (χ1n) is 6.64. The van der Waals surface area contributed by atoms with Gasteiger partial charge in [0.05, 0.1) is 7.11 Å². The third-order valence-corrected chi connectivity index (χ3v) is 3.77. The monoisotopic (exact) mass is 277 g/mol. The average Bonchev–Trinajstić information content (AvgIpc) is 2.89. The molecule has 0 radical (unpaired) electrons. The number of benzene rings is 1. The van der Waals surface area contributed by atoms with Gasteiger partial charge in [-0.2, -0.15) is 0 Å². The summed E-state index contributed by atoms with van der Waals surface area (Å²) in [7, 11) is 1.59. The summed E-state index contributed by atoms with van der Waals surface area (Å²) in [5, 5.41) is 9.17. The molecule has 0 saturated carbocycles. The molecule has 1 amide bonds. The van der Waals surface area contributed by atoms with Crippen molar-refractivity contribution < 1.29 is 19.4 Å². The molecule has 0 spiro atoms. The Bertz CT molecular complexity index is 553. The second-order valence-electron chi connectivity index (χ2n) is 5.13. The first kappa shape index (κ1) is 14.4. The molecule has 1 aliphatic rings. The first-order valence-corrected chi connectivity index (χ1v) is 6.64. The summed E-state index contributed by atoms with van der Waals surface area (Å²) in [4.78, 5) is 25.2. The van der Waals surface area contributed by atoms with Crippen molar-refractivity contribution in [2.75, 3.05) is 13.7 Å². The van der Waals surface area contributed by atoms with E-state index in [-0.39, 0.29) is 5.91 Å². The Morgan fingerprint density at radius 2 is 2.00 bits per heavy atom. The molecule has 1 aromatic carbocycles. The summed E-state index contributed by atoms with van der Waals surface area (Å²) in [5.41, 5.74) is 2.22. The number of carboxylic acids is 1. The van der Waals surface area contributed by atoms with E-state index in [0.29, 0.717) is 18.5 Å². The van der Waals surface area contributed by atoms with Crippen LogP contribution in [0.15, 0.2) is 12.1 Å². The molecule has 108 valence electrons. The van der Waals surface area contributed by atoms with Gasteiger partial charge in [-0.05, 0) is 49.9 Å². The van der Waals surface area contributed by atoms with Crippen molar-refractivity contribution >= 4 is 11.9 Å². The van der Waals surface area contributed by atoms with E-state index < -0.39 is 12.0 Å². The highest BCUT2D eigenvalue weighted by Gasteiger charge is 2.34. The van der Waals surface area contributed by atoms with Crippen molar-refractivity contribution in [3.05, 3.63) is 28.8 Å². The molecule has 1 N–H and O–H groups in total. The summed E-state index contributed by atoms with van der Waals surface area (Å²) < 4.78 is 5.23. The molecular formula is C15H19NO4. The van der Waals surface area contributed by atoms with E-state index in [2.05, 4.69) is 0 Å². The largest absolute Gasteiger partial charge is 0.496 e. The summed E-state index contributed by atoms with van der Waals surface area (Å²) in [5.74, 6) is -0.410. The average molecular weight is 277 g/mol. The fourth-order valence-electron chi connectivity index (χ4n) is 2.66. The molecule has 1 aliphatic heterocycles. The molecule has 1 heterocycles. The molecule has 1 saturated heterocycles. The van der Waals surface area contributed by atoms with Crippen LogP contribution >= 0.6 is 0 Å². The van der Waals surface area contributed by atoms with E-state index in [1.165, 1.54) is 4.90 Å². The Labute approximate surface area is 118 Å². The Balaban J connectivity index is 2.34. The zero-order chi connectivity index (χ0) is 14.9. The highest BCUT2D eigenvalue weighted by Crippen LogP contribution is 2.26. The number of nitrogens with zero attached hydrogens (tertiary/aromatic N) is 1. The lowest BCUT2D eigenvalue weighted by atomic mass is 10.0. The fourth-order valence-corrected chi connectivity index (χ4v) is 2.66. The molecule has 0 aromatic heterocycles. The molecule has 1 fully saturated rings. The fraction of sp³-hybridized carbons (Fsp3) is 0.467. The van der Waals surface area contributed by atoms with Gasteiger partial charge in [-0.25, -0.2) is 4.79 Å². The third-order valence-electron chi connectivity index (χ3n) is 3.77. The zero-order valence-electron chi connectivity index (χ0n) is 12.0. The van der Waals surface area contributed by atoms with Crippen LogP contribution < -0.4 is 4.74 Å². The maximum Gasteiger partial charge on any atom is 0.326 e. The summed E-state index contributed by atoms with van der Waals surface area (Å²) >= 11 is 0. The lowest BCUT2D eigenvalue weighted by Crippen LogP contribution is -2.40. The molecule has 1 aromatic rings. The number of rotatable bonds is 3. The molecule has 5 nitrogen and oxygen atoms in total. The predicted octanol–water partition coefficient (Wildman–Crippen LogP) is 2.00. The Morgan fingerprint density at radius 3 is 2.60 bits per heavy atom. The number of aryl methyl sites for hydroxylation is 2. The number of amides is 1. The standard InChI is InChI=1S/C15H19NO4/c1-9-8-13(20-3)10(2)7-11(9)14(17)16-6-4-5-12(16)15(18)19/h7-8,12H,4-6H2,1-3H3,(H,18,19). The van der Waals surface area contributed by atoms with Crippen LogP contribution in [-0.4, -0.2) is 41.6 Å².